The van der Waals surface area contributed by atoms with E-state index >= 15 is 0 Å². The molecule has 3 heteroatoms. The first-order chi connectivity index (χ1) is 30.3. The van der Waals surface area contributed by atoms with Crippen molar-refractivity contribution in [3.8, 4) is 33.4 Å². The SMILES string of the molecule is c1cc(-c2ccc3oc4ccccc4c3c2)cc(N(c2ccccc2-c2cccc3cccc(C4CCCCC4)c23)c2ccccc2-c2cccc3sc4ccccc4c23)c1. The summed E-state index contributed by atoms with van der Waals surface area (Å²) in [4.78, 5) is 2.52. The molecule has 1 aliphatic rings. The highest BCUT2D eigenvalue weighted by Gasteiger charge is 2.25. The van der Waals surface area contributed by atoms with Crippen LogP contribution in [0.3, 0.4) is 0 Å². The van der Waals surface area contributed by atoms with Gasteiger partial charge in [-0.1, -0.05) is 159 Å². The second-order valence-corrected chi connectivity index (χ2v) is 17.7. The van der Waals surface area contributed by atoms with Crippen LogP contribution in [0.2, 0.25) is 0 Å². The van der Waals surface area contributed by atoms with Gasteiger partial charge in [-0.15, -0.1) is 11.3 Å². The monoisotopic (exact) mass is 801 g/mol. The standard InChI is InChI=1S/C58H43NOS/c1-2-16-38(17-3-1)43-26-13-18-39-19-14-27-47(57(39)43)44-22-4-8-29-51(44)59(42-21-12-20-40(36-42)41-34-35-54-50(37-41)46-24-6-10-31-53(46)60-54)52-30-9-5-23-45(52)48-28-15-33-56-58(48)49-25-7-11-32-55(49)61-56/h4-15,18-38H,1-3,16-17H2. The fourth-order valence-corrected chi connectivity index (χ4v) is 11.4. The molecule has 0 bridgehead atoms. The zero-order valence-electron chi connectivity index (χ0n) is 33.9. The number of anilines is 3. The van der Waals surface area contributed by atoms with E-state index in [1.54, 1.807) is 0 Å². The van der Waals surface area contributed by atoms with Crippen LogP contribution in [0, 0.1) is 0 Å². The van der Waals surface area contributed by atoms with Crippen LogP contribution in [0.5, 0.6) is 0 Å². The van der Waals surface area contributed by atoms with Crippen LogP contribution in [-0.2, 0) is 0 Å². The van der Waals surface area contributed by atoms with Crippen LogP contribution in [0.4, 0.5) is 17.1 Å². The van der Waals surface area contributed by atoms with Gasteiger partial charge in [-0.3, -0.25) is 0 Å². The van der Waals surface area contributed by atoms with Crippen LogP contribution in [0.1, 0.15) is 43.6 Å². The molecule has 292 valence electrons. The van der Waals surface area contributed by atoms with E-state index in [9.17, 15) is 0 Å². The molecular weight excluding hydrogens is 759 g/mol. The first-order valence-corrected chi connectivity index (χ1v) is 22.5. The third-order valence-corrected chi connectivity index (χ3v) is 14.2. The Bertz CT molecular complexity index is 3430. The zero-order chi connectivity index (χ0) is 40.3. The van der Waals surface area contributed by atoms with Crippen molar-refractivity contribution in [2.24, 2.45) is 0 Å². The molecule has 0 atom stereocenters. The highest BCUT2D eigenvalue weighted by atomic mass is 32.1. The van der Waals surface area contributed by atoms with Crippen molar-refractivity contribution < 1.29 is 4.42 Å². The molecule has 1 saturated carbocycles. The van der Waals surface area contributed by atoms with Gasteiger partial charge in [0.15, 0.2) is 0 Å². The quantitative estimate of drug-likeness (QED) is 0.160. The number of hydrogen-bond acceptors (Lipinski definition) is 3. The van der Waals surface area contributed by atoms with E-state index < -0.39 is 0 Å². The predicted molar refractivity (Wildman–Crippen MR) is 261 cm³/mol. The van der Waals surface area contributed by atoms with Crippen molar-refractivity contribution in [1.29, 1.82) is 0 Å². The fourth-order valence-electron chi connectivity index (χ4n) is 10.3. The van der Waals surface area contributed by atoms with Gasteiger partial charge in [0.05, 0.1) is 11.4 Å². The summed E-state index contributed by atoms with van der Waals surface area (Å²) in [6, 6.07) is 71.7. The third-order valence-electron chi connectivity index (χ3n) is 13.1. The predicted octanol–water partition coefficient (Wildman–Crippen LogP) is 17.6. The second kappa shape index (κ2) is 15.0. The van der Waals surface area contributed by atoms with E-state index in [1.807, 2.05) is 17.4 Å². The number of benzene rings is 9. The molecule has 2 aromatic heterocycles. The largest absolute Gasteiger partial charge is 0.456 e. The van der Waals surface area contributed by atoms with E-state index in [0.717, 1.165) is 50.1 Å². The minimum Gasteiger partial charge on any atom is -0.456 e. The maximum Gasteiger partial charge on any atom is 0.135 e. The Balaban J connectivity index is 1.11. The number of hydrogen-bond donors (Lipinski definition) is 0. The molecule has 0 N–H and O–H groups in total. The summed E-state index contributed by atoms with van der Waals surface area (Å²) in [7, 11) is 0. The lowest BCUT2D eigenvalue weighted by Gasteiger charge is -2.31. The van der Waals surface area contributed by atoms with E-state index in [2.05, 4.69) is 193 Å². The van der Waals surface area contributed by atoms with Gasteiger partial charge in [-0.05, 0) is 112 Å². The summed E-state index contributed by atoms with van der Waals surface area (Å²) in [6.07, 6.45) is 6.45. The summed E-state index contributed by atoms with van der Waals surface area (Å²) < 4.78 is 8.86. The van der Waals surface area contributed by atoms with Crippen LogP contribution in [0.15, 0.2) is 199 Å². The number of para-hydroxylation sites is 3. The number of nitrogens with zero attached hydrogens (tertiary/aromatic N) is 1. The number of thiophene rings is 1. The first kappa shape index (κ1) is 36.0. The molecule has 11 aromatic rings. The van der Waals surface area contributed by atoms with Crippen LogP contribution in [0.25, 0.3) is 86.3 Å². The van der Waals surface area contributed by atoms with Gasteiger partial charge in [-0.2, -0.15) is 0 Å². The lowest BCUT2D eigenvalue weighted by atomic mass is 9.80. The summed E-state index contributed by atoms with van der Waals surface area (Å²) in [6.45, 7) is 0. The highest BCUT2D eigenvalue weighted by molar-refractivity contribution is 7.25. The fraction of sp³-hybridized carbons (Fsp3) is 0.103. The Hall–Kier alpha value is -6.94. The van der Waals surface area contributed by atoms with Crippen molar-refractivity contribution in [3.63, 3.8) is 0 Å². The van der Waals surface area contributed by atoms with Crippen LogP contribution < -0.4 is 4.90 Å². The molecule has 9 aromatic carbocycles. The molecular formula is C58H43NOS. The molecule has 61 heavy (non-hydrogen) atoms. The minimum absolute atomic E-state index is 0.574. The van der Waals surface area contributed by atoms with E-state index in [-0.39, 0.29) is 0 Å². The first-order valence-electron chi connectivity index (χ1n) is 21.7. The van der Waals surface area contributed by atoms with Gasteiger partial charge >= 0.3 is 0 Å². The summed E-state index contributed by atoms with van der Waals surface area (Å²) in [5.41, 5.74) is 14.0. The molecule has 0 spiro atoms. The normalized spacial score (nSPS) is 13.5. The molecule has 0 radical (unpaired) electrons. The topological polar surface area (TPSA) is 16.4 Å². The number of furan rings is 1. The third kappa shape index (κ3) is 6.14. The van der Waals surface area contributed by atoms with Crippen LogP contribution in [-0.4, -0.2) is 0 Å². The summed E-state index contributed by atoms with van der Waals surface area (Å²) in [5.74, 6) is 0.574. The Kier molecular flexibility index (Phi) is 8.82. The Morgan fingerprint density at radius 2 is 1.03 bits per heavy atom. The average molecular weight is 802 g/mol. The molecule has 1 fully saturated rings. The maximum atomic E-state index is 6.25. The van der Waals surface area contributed by atoms with Gasteiger partial charge in [0.1, 0.15) is 11.2 Å². The average Bonchev–Trinajstić information content (AvgIpc) is 3.90. The molecule has 12 rings (SSSR count). The lowest BCUT2D eigenvalue weighted by molar-refractivity contribution is 0.445. The lowest BCUT2D eigenvalue weighted by Crippen LogP contribution is -2.13. The zero-order valence-corrected chi connectivity index (χ0v) is 34.7. The van der Waals surface area contributed by atoms with Crippen molar-refractivity contribution in [1.82, 2.24) is 0 Å². The van der Waals surface area contributed by atoms with Crippen molar-refractivity contribution in [2.75, 3.05) is 4.90 Å². The highest BCUT2D eigenvalue weighted by Crippen LogP contribution is 2.50. The number of fused-ring (bicyclic) bond motifs is 7. The molecule has 2 nitrogen and oxygen atoms in total. The van der Waals surface area contributed by atoms with Crippen molar-refractivity contribution in [2.45, 2.75) is 38.0 Å². The van der Waals surface area contributed by atoms with E-state index in [4.69, 9.17) is 4.42 Å². The summed E-state index contributed by atoms with van der Waals surface area (Å²) in [5, 5.41) is 7.58. The maximum absolute atomic E-state index is 6.25. The Morgan fingerprint density at radius 1 is 0.426 bits per heavy atom. The van der Waals surface area contributed by atoms with Gasteiger partial charge < -0.3 is 9.32 Å². The van der Waals surface area contributed by atoms with Gasteiger partial charge in [0.2, 0.25) is 0 Å². The van der Waals surface area contributed by atoms with Gasteiger partial charge in [0.25, 0.3) is 0 Å². The minimum atomic E-state index is 0.574. The number of rotatable bonds is 7. The van der Waals surface area contributed by atoms with Gasteiger partial charge in [-0.25, -0.2) is 0 Å². The molecule has 1 aliphatic carbocycles. The molecule has 2 heterocycles. The Morgan fingerprint density at radius 3 is 1.85 bits per heavy atom. The molecule has 0 aliphatic heterocycles. The Labute approximate surface area is 360 Å². The molecule has 0 saturated heterocycles. The molecule has 0 unspecified atom stereocenters. The van der Waals surface area contributed by atoms with Crippen molar-refractivity contribution >= 4 is 81.3 Å². The smallest absolute Gasteiger partial charge is 0.135 e. The summed E-state index contributed by atoms with van der Waals surface area (Å²) >= 11 is 1.87. The van der Waals surface area contributed by atoms with E-state index in [0.29, 0.717) is 5.92 Å². The van der Waals surface area contributed by atoms with Gasteiger partial charge in [0, 0.05) is 47.8 Å². The second-order valence-electron chi connectivity index (χ2n) is 16.6. The molecule has 0 amide bonds. The van der Waals surface area contributed by atoms with Crippen molar-refractivity contribution in [3.05, 3.63) is 200 Å². The van der Waals surface area contributed by atoms with Crippen LogP contribution >= 0.6 is 11.3 Å². The van der Waals surface area contributed by atoms with E-state index in [1.165, 1.54) is 90.9 Å².